The molecular formula is C20H20N2O2. The molecule has 0 aliphatic heterocycles. The van der Waals surface area contributed by atoms with Crippen LogP contribution >= 0.6 is 0 Å². The summed E-state index contributed by atoms with van der Waals surface area (Å²) in [6.07, 6.45) is 0.896. The smallest absolute Gasteiger partial charge is 0.358 e. The summed E-state index contributed by atoms with van der Waals surface area (Å²) in [5, 5.41) is 4.35. The average Bonchev–Trinajstić information content (AvgIpc) is 2.99. The normalized spacial score (nSPS) is 10.6. The first-order chi connectivity index (χ1) is 11.7. The van der Waals surface area contributed by atoms with E-state index in [1.807, 2.05) is 37.3 Å². The van der Waals surface area contributed by atoms with Gasteiger partial charge in [-0.15, -0.1) is 0 Å². The van der Waals surface area contributed by atoms with Crippen molar-refractivity contribution >= 4 is 5.97 Å². The van der Waals surface area contributed by atoms with E-state index in [-0.39, 0.29) is 5.97 Å². The van der Waals surface area contributed by atoms with Crippen molar-refractivity contribution in [3.8, 4) is 5.69 Å². The Morgan fingerprint density at radius 1 is 1.04 bits per heavy atom. The second-order valence-corrected chi connectivity index (χ2v) is 5.63. The minimum absolute atomic E-state index is 0.336. The van der Waals surface area contributed by atoms with Gasteiger partial charge in [0, 0.05) is 5.69 Å². The maximum atomic E-state index is 11.8. The molecule has 3 aromatic rings. The highest BCUT2D eigenvalue weighted by Crippen LogP contribution is 2.16. The lowest BCUT2D eigenvalue weighted by Crippen LogP contribution is -2.06. The van der Waals surface area contributed by atoms with Crippen LogP contribution < -0.4 is 0 Å². The molecule has 0 aliphatic carbocycles. The highest BCUT2D eigenvalue weighted by molar-refractivity contribution is 5.87. The molecule has 0 bridgehead atoms. The summed E-state index contributed by atoms with van der Waals surface area (Å²) in [7, 11) is 0. The van der Waals surface area contributed by atoms with E-state index in [9.17, 15) is 4.79 Å². The largest absolute Gasteiger partial charge is 0.461 e. The van der Waals surface area contributed by atoms with E-state index < -0.39 is 0 Å². The Bertz CT molecular complexity index is 821. The van der Waals surface area contributed by atoms with Crippen molar-refractivity contribution in [2.75, 3.05) is 6.61 Å². The lowest BCUT2D eigenvalue weighted by atomic mass is 10.0. The van der Waals surface area contributed by atoms with Gasteiger partial charge in [0.1, 0.15) is 0 Å². The first-order valence-electron chi connectivity index (χ1n) is 8.04. The molecule has 0 atom stereocenters. The van der Waals surface area contributed by atoms with E-state index in [1.54, 1.807) is 17.7 Å². The van der Waals surface area contributed by atoms with Crippen LogP contribution in [0.2, 0.25) is 0 Å². The molecule has 122 valence electrons. The maximum Gasteiger partial charge on any atom is 0.358 e. The number of carbonyl (C=O) groups excluding carboxylic acids is 1. The number of esters is 1. The van der Waals surface area contributed by atoms with E-state index in [4.69, 9.17) is 4.74 Å². The summed E-state index contributed by atoms with van der Waals surface area (Å²) < 4.78 is 6.77. The van der Waals surface area contributed by atoms with Gasteiger partial charge in [0.15, 0.2) is 5.69 Å². The molecule has 0 radical (unpaired) electrons. The molecule has 0 spiro atoms. The fourth-order valence-corrected chi connectivity index (χ4v) is 2.63. The molecule has 4 nitrogen and oxygen atoms in total. The third kappa shape index (κ3) is 3.54. The summed E-state index contributed by atoms with van der Waals surface area (Å²) in [5.41, 5.74) is 4.68. The second-order valence-electron chi connectivity index (χ2n) is 5.63. The SMILES string of the molecule is CCOC(=O)c1cc(C)n(-c2ccc(Cc3ccccc3)cc2)n1. The molecule has 0 fully saturated rings. The van der Waals surface area contributed by atoms with Crippen LogP contribution in [0.1, 0.15) is 34.2 Å². The molecular weight excluding hydrogens is 300 g/mol. The molecule has 4 heteroatoms. The number of benzene rings is 2. The van der Waals surface area contributed by atoms with Crippen LogP contribution in [-0.2, 0) is 11.2 Å². The predicted molar refractivity (Wildman–Crippen MR) is 93.5 cm³/mol. The van der Waals surface area contributed by atoms with Gasteiger partial charge < -0.3 is 4.74 Å². The Balaban J connectivity index is 1.79. The third-order valence-electron chi connectivity index (χ3n) is 3.80. The number of rotatable bonds is 5. The van der Waals surface area contributed by atoms with Gasteiger partial charge >= 0.3 is 5.97 Å². The minimum atomic E-state index is -0.389. The number of nitrogens with zero attached hydrogens (tertiary/aromatic N) is 2. The zero-order valence-electron chi connectivity index (χ0n) is 13.9. The van der Waals surface area contributed by atoms with Crippen molar-refractivity contribution < 1.29 is 9.53 Å². The maximum absolute atomic E-state index is 11.8. The molecule has 0 aliphatic rings. The summed E-state index contributed by atoms with van der Waals surface area (Å²) in [5.74, 6) is -0.389. The first kappa shape index (κ1) is 16.0. The first-order valence-corrected chi connectivity index (χ1v) is 8.04. The third-order valence-corrected chi connectivity index (χ3v) is 3.80. The average molecular weight is 320 g/mol. The van der Waals surface area contributed by atoms with E-state index in [2.05, 4.69) is 29.4 Å². The lowest BCUT2D eigenvalue weighted by molar-refractivity contribution is 0.0519. The molecule has 2 aromatic carbocycles. The van der Waals surface area contributed by atoms with Crippen LogP contribution in [-0.4, -0.2) is 22.4 Å². The van der Waals surface area contributed by atoms with Crippen LogP contribution in [0.15, 0.2) is 60.7 Å². The topological polar surface area (TPSA) is 44.1 Å². The molecule has 3 rings (SSSR count). The number of carbonyl (C=O) groups is 1. The van der Waals surface area contributed by atoms with Crippen LogP contribution in [0.3, 0.4) is 0 Å². The molecule has 0 unspecified atom stereocenters. The zero-order valence-corrected chi connectivity index (χ0v) is 13.9. The standard InChI is InChI=1S/C20H20N2O2/c1-3-24-20(23)19-13-15(2)22(21-19)18-11-9-17(10-12-18)14-16-7-5-4-6-8-16/h4-13H,3,14H2,1-2H3. The summed E-state index contributed by atoms with van der Waals surface area (Å²) in [6.45, 7) is 4.06. The van der Waals surface area contributed by atoms with Crippen molar-refractivity contribution in [1.82, 2.24) is 9.78 Å². The zero-order chi connectivity index (χ0) is 16.9. The molecule has 1 aromatic heterocycles. The molecule has 0 amide bonds. The van der Waals surface area contributed by atoms with Crippen LogP contribution in [0.25, 0.3) is 5.69 Å². The monoisotopic (exact) mass is 320 g/mol. The van der Waals surface area contributed by atoms with Crippen molar-refractivity contribution in [2.24, 2.45) is 0 Å². The second kappa shape index (κ2) is 7.13. The Labute approximate surface area is 141 Å². The molecule has 24 heavy (non-hydrogen) atoms. The van der Waals surface area contributed by atoms with E-state index in [0.29, 0.717) is 12.3 Å². The Hall–Kier alpha value is -2.88. The van der Waals surface area contributed by atoms with Gasteiger partial charge in [-0.1, -0.05) is 42.5 Å². The van der Waals surface area contributed by atoms with E-state index >= 15 is 0 Å². The number of hydrogen-bond donors (Lipinski definition) is 0. The minimum Gasteiger partial charge on any atom is -0.461 e. The van der Waals surface area contributed by atoms with Gasteiger partial charge in [-0.2, -0.15) is 5.10 Å². The van der Waals surface area contributed by atoms with Crippen molar-refractivity contribution in [3.05, 3.63) is 83.2 Å². The summed E-state index contributed by atoms with van der Waals surface area (Å²) in [6, 6.07) is 20.3. The molecule has 0 N–H and O–H groups in total. The van der Waals surface area contributed by atoms with Crippen LogP contribution in [0.5, 0.6) is 0 Å². The van der Waals surface area contributed by atoms with Gasteiger partial charge in [-0.25, -0.2) is 9.48 Å². The highest BCUT2D eigenvalue weighted by atomic mass is 16.5. The quantitative estimate of drug-likeness (QED) is 0.669. The highest BCUT2D eigenvalue weighted by Gasteiger charge is 2.14. The van der Waals surface area contributed by atoms with Gasteiger partial charge in [0.05, 0.1) is 12.3 Å². The Morgan fingerprint density at radius 2 is 1.71 bits per heavy atom. The van der Waals surface area contributed by atoms with Crippen molar-refractivity contribution in [2.45, 2.75) is 20.3 Å². The van der Waals surface area contributed by atoms with E-state index in [0.717, 1.165) is 17.8 Å². The van der Waals surface area contributed by atoms with Crippen molar-refractivity contribution in [1.29, 1.82) is 0 Å². The van der Waals surface area contributed by atoms with Gasteiger partial charge in [-0.3, -0.25) is 0 Å². The van der Waals surface area contributed by atoms with Gasteiger partial charge in [0.2, 0.25) is 0 Å². The van der Waals surface area contributed by atoms with E-state index in [1.165, 1.54) is 11.1 Å². The van der Waals surface area contributed by atoms with Crippen LogP contribution in [0, 0.1) is 6.92 Å². The predicted octanol–water partition coefficient (Wildman–Crippen LogP) is 3.95. The Kier molecular flexibility index (Phi) is 4.75. The molecule has 1 heterocycles. The number of hydrogen-bond acceptors (Lipinski definition) is 3. The summed E-state index contributed by atoms with van der Waals surface area (Å²) in [4.78, 5) is 11.8. The fourth-order valence-electron chi connectivity index (χ4n) is 2.63. The lowest BCUT2D eigenvalue weighted by Gasteiger charge is -2.06. The van der Waals surface area contributed by atoms with Gasteiger partial charge in [-0.05, 0) is 49.6 Å². The molecule has 0 saturated carbocycles. The number of aryl methyl sites for hydroxylation is 1. The Morgan fingerprint density at radius 3 is 2.38 bits per heavy atom. The van der Waals surface area contributed by atoms with Crippen molar-refractivity contribution in [3.63, 3.8) is 0 Å². The molecule has 0 saturated heterocycles. The number of aromatic nitrogens is 2. The number of ether oxygens (including phenoxy) is 1. The fraction of sp³-hybridized carbons (Fsp3) is 0.200. The van der Waals surface area contributed by atoms with Gasteiger partial charge in [0.25, 0.3) is 0 Å². The summed E-state index contributed by atoms with van der Waals surface area (Å²) >= 11 is 0. The van der Waals surface area contributed by atoms with Crippen LogP contribution in [0.4, 0.5) is 0 Å².